The Labute approximate surface area is 153 Å². The number of carbonyl (C=O) groups excluding carboxylic acids is 2. The molecule has 1 atom stereocenters. The van der Waals surface area contributed by atoms with Crippen molar-refractivity contribution in [3.63, 3.8) is 0 Å². The van der Waals surface area contributed by atoms with Gasteiger partial charge in [-0.25, -0.2) is 4.79 Å². The minimum atomic E-state index is -0.532. The van der Waals surface area contributed by atoms with E-state index in [1.807, 2.05) is 20.8 Å². The average Bonchev–Trinajstić information content (AvgIpc) is 3.19. The minimum Gasteiger partial charge on any atom is -0.444 e. The van der Waals surface area contributed by atoms with Crippen LogP contribution in [0.25, 0.3) is 0 Å². The Morgan fingerprint density at radius 3 is 2.60 bits per heavy atom. The fraction of sp³-hybridized carbons (Fsp3) is 0.667. The molecule has 2 rings (SSSR count). The smallest absolute Gasteiger partial charge is 0.407 e. The summed E-state index contributed by atoms with van der Waals surface area (Å²) in [4.78, 5) is 27.4. The van der Waals surface area contributed by atoms with E-state index < -0.39 is 11.7 Å². The summed E-state index contributed by atoms with van der Waals surface area (Å²) in [6.07, 6.45) is 2.19. The second-order valence-electron chi connectivity index (χ2n) is 7.26. The average molecular weight is 368 g/mol. The molecule has 1 saturated heterocycles. The van der Waals surface area contributed by atoms with Gasteiger partial charge in [-0.15, -0.1) is 11.3 Å². The molecule has 0 aliphatic carbocycles. The van der Waals surface area contributed by atoms with E-state index in [9.17, 15) is 9.59 Å². The molecule has 0 radical (unpaired) electrons. The number of thiophene rings is 1. The predicted octanol–water partition coefficient (Wildman–Crippen LogP) is 2.92. The number of rotatable bonds is 7. The molecule has 1 unspecified atom stereocenters. The Hall–Kier alpha value is -1.60. The lowest BCUT2D eigenvalue weighted by Gasteiger charge is -2.27. The largest absolute Gasteiger partial charge is 0.444 e. The SMILES string of the molecule is CC(C)(C)OC(=O)NCCC(=O)NCC(c1cccs1)N1CCCC1. The third-order valence-electron chi connectivity index (χ3n) is 3.97. The Morgan fingerprint density at radius 2 is 2.00 bits per heavy atom. The molecule has 6 nitrogen and oxygen atoms in total. The van der Waals surface area contributed by atoms with Crippen LogP contribution in [0.3, 0.4) is 0 Å². The first-order valence-corrected chi connectivity index (χ1v) is 9.74. The molecule has 7 heteroatoms. The van der Waals surface area contributed by atoms with Crippen molar-refractivity contribution in [2.45, 2.75) is 51.7 Å². The third-order valence-corrected chi connectivity index (χ3v) is 4.94. The van der Waals surface area contributed by atoms with Gasteiger partial charge in [-0.3, -0.25) is 9.69 Å². The summed E-state index contributed by atoms with van der Waals surface area (Å²) in [5.41, 5.74) is -0.532. The molecule has 0 aromatic carbocycles. The molecule has 0 spiro atoms. The zero-order valence-corrected chi connectivity index (χ0v) is 16.2. The van der Waals surface area contributed by atoms with Crippen molar-refractivity contribution >= 4 is 23.3 Å². The number of nitrogens with zero attached hydrogens (tertiary/aromatic N) is 1. The number of alkyl carbamates (subject to hydrolysis) is 1. The second kappa shape index (κ2) is 9.20. The van der Waals surface area contributed by atoms with Crippen LogP contribution in [0.2, 0.25) is 0 Å². The molecule has 2 amide bonds. The molecule has 1 aliphatic rings. The maximum atomic E-state index is 12.1. The summed E-state index contributed by atoms with van der Waals surface area (Å²) >= 11 is 1.73. The van der Waals surface area contributed by atoms with Gasteiger partial charge in [0.15, 0.2) is 0 Å². The van der Waals surface area contributed by atoms with Gasteiger partial charge in [-0.2, -0.15) is 0 Å². The zero-order chi connectivity index (χ0) is 18.3. The number of hydrogen-bond acceptors (Lipinski definition) is 5. The van der Waals surface area contributed by atoms with Crippen LogP contribution in [-0.2, 0) is 9.53 Å². The monoisotopic (exact) mass is 367 g/mol. The Bertz CT molecular complexity index is 548. The normalized spacial score (nSPS) is 16.4. The summed E-state index contributed by atoms with van der Waals surface area (Å²) in [5.74, 6) is -0.0585. The van der Waals surface area contributed by atoms with Crippen molar-refractivity contribution in [3.05, 3.63) is 22.4 Å². The van der Waals surface area contributed by atoms with Crippen LogP contribution in [0.15, 0.2) is 17.5 Å². The van der Waals surface area contributed by atoms with Crippen LogP contribution in [0.4, 0.5) is 4.79 Å². The molecule has 0 saturated carbocycles. The number of likely N-dealkylation sites (tertiary alicyclic amines) is 1. The fourth-order valence-corrected chi connectivity index (χ4v) is 3.70. The molecule has 1 aliphatic heterocycles. The van der Waals surface area contributed by atoms with Gasteiger partial charge in [-0.05, 0) is 58.1 Å². The molecule has 25 heavy (non-hydrogen) atoms. The number of carbonyl (C=O) groups is 2. The van der Waals surface area contributed by atoms with Crippen molar-refractivity contribution < 1.29 is 14.3 Å². The Kier molecular flexibility index (Phi) is 7.25. The first kappa shape index (κ1) is 19.7. The molecule has 0 bridgehead atoms. The maximum Gasteiger partial charge on any atom is 0.407 e. The van der Waals surface area contributed by atoms with Crippen LogP contribution in [0.1, 0.15) is 51.0 Å². The Balaban J connectivity index is 1.73. The lowest BCUT2D eigenvalue weighted by molar-refractivity contribution is -0.121. The summed E-state index contributed by atoms with van der Waals surface area (Å²) < 4.78 is 5.15. The van der Waals surface area contributed by atoms with E-state index in [1.165, 1.54) is 17.7 Å². The highest BCUT2D eigenvalue weighted by molar-refractivity contribution is 7.10. The highest BCUT2D eigenvalue weighted by Crippen LogP contribution is 2.27. The number of amides is 2. The quantitative estimate of drug-likeness (QED) is 0.777. The molecule has 1 aromatic rings. The highest BCUT2D eigenvalue weighted by Gasteiger charge is 2.24. The van der Waals surface area contributed by atoms with Gasteiger partial charge in [0.2, 0.25) is 5.91 Å². The molecular weight excluding hydrogens is 338 g/mol. The number of ether oxygens (including phenoxy) is 1. The summed E-state index contributed by atoms with van der Waals surface area (Å²) in [6, 6.07) is 4.42. The van der Waals surface area contributed by atoms with Crippen molar-refractivity contribution in [1.82, 2.24) is 15.5 Å². The molecule has 1 fully saturated rings. The van der Waals surface area contributed by atoms with E-state index in [-0.39, 0.29) is 24.9 Å². The first-order chi connectivity index (χ1) is 11.8. The molecule has 140 valence electrons. The standard InChI is InChI=1S/C18H29N3O3S/c1-18(2,3)24-17(23)19-9-8-16(22)20-13-14(15-7-6-12-25-15)21-10-4-5-11-21/h6-7,12,14H,4-5,8-11,13H2,1-3H3,(H,19,23)(H,20,22). The van der Waals surface area contributed by atoms with Crippen LogP contribution >= 0.6 is 11.3 Å². The molecular formula is C18H29N3O3S. The van der Waals surface area contributed by atoms with E-state index in [0.717, 1.165) is 13.1 Å². The van der Waals surface area contributed by atoms with Crippen LogP contribution in [0, 0.1) is 0 Å². The van der Waals surface area contributed by atoms with E-state index in [0.29, 0.717) is 6.54 Å². The predicted molar refractivity (Wildman–Crippen MR) is 99.7 cm³/mol. The zero-order valence-electron chi connectivity index (χ0n) is 15.3. The molecule has 2 N–H and O–H groups in total. The van der Waals surface area contributed by atoms with Gasteiger partial charge in [0.1, 0.15) is 5.60 Å². The lowest BCUT2D eigenvalue weighted by atomic mass is 10.2. The summed E-state index contributed by atoms with van der Waals surface area (Å²) in [6.45, 7) is 8.46. The van der Waals surface area contributed by atoms with E-state index in [4.69, 9.17) is 4.74 Å². The topological polar surface area (TPSA) is 70.7 Å². The summed E-state index contributed by atoms with van der Waals surface area (Å²) in [7, 11) is 0. The fourth-order valence-electron chi connectivity index (χ4n) is 2.83. The van der Waals surface area contributed by atoms with Gasteiger partial charge in [0, 0.05) is 24.4 Å². The van der Waals surface area contributed by atoms with Gasteiger partial charge < -0.3 is 15.4 Å². The van der Waals surface area contributed by atoms with Gasteiger partial charge in [0.05, 0.1) is 6.04 Å². The second-order valence-corrected chi connectivity index (χ2v) is 8.24. The Morgan fingerprint density at radius 1 is 1.28 bits per heavy atom. The van der Waals surface area contributed by atoms with Gasteiger partial charge in [-0.1, -0.05) is 6.07 Å². The minimum absolute atomic E-state index is 0.0585. The van der Waals surface area contributed by atoms with Crippen molar-refractivity contribution in [2.75, 3.05) is 26.2 Å². The van der Waals surface area contributed by atoms with Crippen molar-refractivity contribution in [1.29, 1.82) is 0 Å². The van der Waals surface area contributed by atoms with Crippen LogP contribution in [-0.4, -0.2) is 48.7 Å². The van der Waals surface area contributed by atoms with E-state index in [1.54, 1.807) is 11.3 Å². The van der Waals surface area contributed by atoms with Crippen molar-refractivity contribution in [2.24, 2.45) is 0 Å². The van der Waals surface area contributed by atoms with Crippen LogP contribution < -0.4 is 10.6 Å². The third kappa shape index (κ3) is 7.04. The van der Waals surface area contributed by atoms with E-state index in [2.05, 4.69) is 33.0 Å². The lowest BCUT2D eigenvalue weighted by Crippen LogP contribution is -2.38. The number of hydrogen-bond donors (Lipinski definition) is 2. The van der Waals surface area contributed by atoms with E-state index >= 15 is 0 Å². The van der Waals surface area contributed by atoms with Crippen molar-refractivity contribution in [3.8, 4) is 0 Å². The maximum absolute atomic E-state index is 12.1. The highest BCUT2D eigenvalue weighted by atomic mass is 32.1. The molecule has 2 heterocycles. The van der Waals surface area contributed by atoms with Gasteiger partial charge >= 0.3 is 6.09 Å². The van der Waals surface area contributed by atoms with Gasteiger partial charge in [0.25, 0.3) is 0 Å². The summed E-state index contributed by atoms with van der Waals surface area (Å²) in [5, 5.41) is 7.69. The number of nitrogens with one attached hydrogen (secondary N) is 2. The first-order valence-electron chi connectivity index (χ1n) is 8.86. The molecule has 1 aromatic heterocycles. The van der Waals surface area contributed by atoms with Crippen LogP contribution in [0.5, 0.6) is 0 Å².